The van der Waals surface area contributed by atoms with Gasteiger partial charge in [0.15, 0.2) is 0 Å². The van der Waals surface area contributed by atoms with E-state index in [4.69, 9.17) is 19.8 Å². The van der Waals surface area contributed by atoms with Gasteiger partial charge in [-0.3, -0.25) is 4.79 Å². The molecule has 0 aromatic heterocycles. The van der Waals surface area contributed by atoms with Crippen molar-refractivity contribution < 1.29 is 34.0 Å². The topological polar surface area (TPSA) is 121 Å². The zero-order chi connectivity index (χ0) is 11.4. The fourth-order valence-electron chi connectivity index (χ4n) is 2.14. The van der Waals surface area contributed by atoms with Crippen LogP contribution in [0, 0.1) is 11.8 Å². The van der Waals surface area contributed by atoms with Gasteiger partial charge < -0.3 is 14.9 Å². The maximum Gasteiger partial charge on any atom is 0.526 e. The molecular weight excluding hydrogens is 227 g/mol. The number of hydrogen-bond acceptors (Lipinski definition) is 4. The highest BCUT2D eigenvalue weighted by atomic mass is 31.1. The number of rotatable bonds is 3. The van der Waals surface area contributed by atoms with Gasteiger partial charge in [0.1, 0.15) is 6.61 Å². The van der Waals surface area contributed by atoms with E-state index in [0.29, 0.717) is 0 Å². The van der Waals surface area contributed by atoms with Crippen molar-refractivity contribution in [2.24, 2.45) is 11.8 Å². The third-order valence-electron chi connectivity index (χ3n) is 3.00. The first-order valence-electron chi connectivity index (χ1n) is 4.17. The molecule has 15 heavy (non-hydrogen) atoms. The second kappa shape index (κ2) is 2.98. The molecular formula is C7H8O7P+. The molecule has 1 heterocycles. The van der Waals surface area contributed by atoms with Gasteiger partial charge in [-0.1, -0.05) is 0 Å². The molecule has 2 fully saturated rings. The summed E-state index contributed by atoms with van der Waals surface area (Å²) >= 11 is 0. The van der Waals surface area contributed by atoms with Gasteiger partial charge in [0, 0.05) is 0 Å². The molecule has 0 radical (unpaired) electrons. The fraction of sp³-hybridized carbons (Fsp3) is 0.714. The Morgan fingerprint density at radius 2 is 2.00 bits per heavy atom. The van der Waals surface area contributed by atoms with E-state index >= 15 is 0 Å². The third-order valence-corrected chi connectivity index (χ3v) is 4.30. The Morgan fingerprint density at radius 3 is 2.33 bits per heavy atom. The minimum atomic E-state index is -3.01. The van der Waals surface area contributed by atoms with Crippen LogP contribution in [0.4, 0.5) is 0 Å². The lowest BCUT2D eigenvalue weighted by molar-refractivity contribution is -0.144. The van der Waals surface area contributed by atoms with Crippen LogP contribution in [0.15, 0.2) is 0 Å². The van der Waals surface area contributed by atoms with Crippen molar-refractivity contribution in [3.63, 3.8) is 0 Å². The molecule has 0 aromatic rings. The van der Waals surface area contributed by atoms with Crippen molar-refractivity contribution >= 4 is 20.0 Å². The zero-order valence-electron chi connectivity index (χ0n) is 7.36. The van der Waals surface area contributed by atoms with Gasteiger partial charge in [-0.25, -0.2) is 4.79 Å². The molecule has 0 spiro atoms. The van der Waals surface area contributed by atoms with Crippen LogP contribution in [0.5, 0.6) is 0 Å². The smallest absolute Gasteiger partial charge is 0.481 e. The SMILES string of the molecule is O=C(O)C1C2OCC(C(=O)O)([P+](=O)O)C21. The van der Waals surface area contributed by atoms with Gasteiger partial charge in [-0.05, 0) is 4.57 Å². The molecule has 1 aliphatic carbocycles. The Labute approximate surface area is 84.5 Å². The summed E-state index contributed by atoms with van der Waals surface area (Å²) in [5.74, 6) is -4.52. The second-order valence-electron chi connectivity index (χ2n) is 3.67. The van der Waals surface area contributed by atoms with Gasteiger partial charge in [-0.15, -0.1) is 0 Å². The Balaban J connectivity index is 2.34. The van der Waals surface area contributed by atoms with Gasteiger partial charge in [0.05, 0.1) is 17.9 Å². The van der Waals surface area contributed by atoms with Crippen LogP contribution in [-0.2, 0) is 18.9 Å². The standard InChI is InChI=1S/C7H7O7P/c8-5(9)2-3-4(2)14-1-7(3,6(10)11)15(12)13/h2-4H,1H2,(H2-,8,9,10,11,12,13)/p+1. The summed E-state index contributed by atoms with van der Waals surface area (Å²) in [5, 5.41) is 15.7. The zero-order valence-corrected chi connectivity index (χ0v) is 8.26. The summed E-state index contributed by atoms with van der Waals surface area (Å²) in [7, 11) is -3.01. The Hall–Kier alpha value is -1.04. The number of carbonyl (C=O) groups is 2. The number of carboxylic acids is 2. The summed E-state index contributed by atoms with van der Waals surface area (Å²) < 4.78 is 16.0. The third kappa shape index (κ3) is 1.14. The summed E-state index contributed by atoms with van der Waals surface area (Å²) in [5.41, 5.74) is 0. The predicted octanol–water partition coefficient (Wildman–Crippen LogP) is -0.726. The van der Waals surface area contributed by atoms with E-state index < -0.39 is 49.7 Å². The number of fused-ring (bicyclic) bond motifs is 1. The maximum atomic E-state index is 11.1. The average molecular weight is 235 g/mol. The van der Waals surface area contributed by atoms with Gasteiger partial charge in [-0.2, -0.15) is 4.89 Å². The second-order valence-corrected chi connectivity index (χ2v) is 5.01. The summed E-state index contributed by atoms with van der Waals surface area (Å²) in [6.07, 6.45) is -0.732. The van der Waals surface area contributed by atoms with E-state index in [-0.39, 0.29) is 0 Å². The van der Waals surface area contributed by atoms with Crippen LogP contribution < -0.4 is 0 Å². The van der Waals surface area contributed by atoms with Crippen LogP contribution >= 0.6 is 8.03 Å². The van der Waals surface area contributed by atoms with E-state index in [0.717, 1.165) is 0 Å². The lowest BCUT2D eigenvalue weighted by Crippen LogP contribution is -2.40. The van der Waals surface area contributed by atoms with E-state index in [9.17, 15) is 14.2 Å². The molecule has 82 valence electrons. The lowest BCUT2D eigenvalue weighted by Gasteiger charge is -2.11. The van der Waals surface area contributed by atoms with E-state index in [1.165, 1.54) is 0 Å². The molecule has 0 bridgehead atoms. The number of carboxylic acid groups (broad SMARTS) is 2. The van der Waals surface area contributed by atoms with Gasteiger partial charge in [0.2, 0.25) is 0 Å². The van der Waals surface area contributed by atoms with Gasteiger partial charge >= 0.3 is 25.1 Å². The van der Waals surface area contributed by atoms with Crippen LogP contribution in [0.3, 0.4) is 0 Å². The van der Waals surface area contributed by atoms with Crippen molar-refractivity contribution in [1.29, 1.82) is 0 Å². The Bertz CT molecular complexity index is 350. The van der Waals surface area contributed by atoms with Crippen LogP contribution in [0.2, 0.25) is 0 Å². The van der Waals surface area contributed by atoms with Crippen molar-refractivity contribution in [1.82, 2.24) is 0 Å². The monoisotopic (exact) mass is 235 g/mol. The molecule has 5 atom stereocenters. The van der Waals surface area contributed by atoms with E-state index in [2.05, 4.69) is 0 Å². The summed E-state index contributed by atoms with van der Waals surface area (Å²) in [6.45, 7) is -0.396. The molecule has 2 rings (SSSR count). The van der Waals surface area contributed by atoms with Crippen molar-refractivity contribution in [3.8, 4) is 0 Å². The first-order chi connectivity index (χ1) is 6.93. The number of hydrogen-bond donors (Lipinski definition) is 3. The summed E-state index contributed by atoms with van der Waals surface area (Å²) in [4.78, 5) is 30.6. The van der Waals surface area contributed by atoms with Gasteiger partial charge in [0.25, 0.3) is 0 Å². The molecule has 7 nitrogen and oxygen atoms in total. The van der Waals surface area contributed by atoms with Crippen molar-refractivity contribution in [2.75, 3.05) is 6.61 Å². The minimum Gasteiger partial charge on any atom is -0.481 e. The first-order valence-corrected chi connectivity index (χ1v) is 5.38. The van der Waals surface area contributed by atoms with Crippen LogP contribution in [0.25, 0.3) is 0 Å². The minimum absolute atomic E-state index is 0.396. The quantitative estimate of drug-likeness (QED) is 0.551. The largest absolute Gasteiger partial charge is 0.526 e. The lowest BCUT2D eigenvalue weighted by atomic mass is 10.0. The number of aliphatic carboxylic acids is 2. The normalized spacial score (nSPS) is 43.3. The highest BCUT2D eigenvalue weighted by Gasteiger charge is 2.82. The highest BCUT2D eigenvalue weighted by molar-refractivity contribution is 7.41. The Kier molecular flexibility index (Phi) is 2.08. The number of ether oxygens (including phenoxy) is 1. The molecule has 5 unspecified atom stereocenters. The first kappa shape index (κ1) is 10.5. The van der Waals surface area contributed by atoms with E-state index in [1.807, 2.05) is 0 Å². The fourth-order valence-corrected chi connectivity index (χ4v) is 3.05. The molecule has 1 aliphatic heterocycles. The molecule has 3 N–H and O–H groups in total. The molecule has 0 aromatic carbocycles. The van der Waals surface area contributed by atoms with Crippen molar-refractivity contribution in [2.45, 2.75) is 11.3 Å². The van der Waals surface area contributed by atoms with Crippen molar-refractivity contribution in [3.05, 3.63) is 0 Å². The summed E-state index contributed by atoms with van der Waals surface area (Å²) in [6, 6.07) is 0. The predicted molar refractivity (Wildman–Crippen MR) is 44.5 cm³/mol. The van der Waals surface area contributed by atoms with E-state index in [1.54, 1.807) is 0 Å². The molecule has 2 aliphatic rings. The maximum absolute atomic E-state index is 11.1. The molecule has 8 heteroatoms. The highest BCUT2D eigenvalue weighted by Crippen LogP contribution is 2.62. The Morgan fingerprint density at radius 1 is 1.40 bits per heavy atom. The molecule has 0 amide bonds. The van der Waals surface area contributed by atoms with Crippen LogP contribution in [0.1, 0.15) is 0 Å². The van der Waals surface area contributed by atoms with Crippen LogP contribution in [-0.4, -0.2) is 44.9 Å². The molecule has 1 saturated carbocycles. The molecule has 1 saturated heterocycles. The average Bonchev–Trinajstić information content (AvgIpc) is 2.70.